The predicted octanol–water partition coefficient (Wildman–Crippen LogP) is 3.15. The molecule has 1 aromatic heterocycles. The lowest BCUT2D eigenvalue weighted by atomic mass is 10.3. The number of carbonyl (C=O) groups excluding carboxylic acids is 1. The van der Waals surface area contributed by atoms with E-state index in [9.17, 15) is 26.4 Å². The molecule has 2 aromatic rings. The van der Waals surface area contributed by atoms with Crippen LogP contribution in [0.3, 0.4) is 0 Å². The summed E-state index contributed by atoms with van der Waals surface area (Å²) in [6, 6.07) is 3.84. The standard InChI is InChI=1S/C15H11BrClF3N4O4S/c1-28-8-2-3-10(17)12(4-8)29(26,27)22-14(25)11-6-23-7-24(15(18,19)20)5-9(16)13(23)21-11/h2-6H,7H2,1H3,(H,22,25). The third-order valence-electron chi connectivity index (χ3n) is 3.78. The van der Waals surface area contributed by atoms with E-state index in [1.807, 2.05) is 0 Å². The Morgan fingerprint density at radius 2 is 2.07 bits per heavy atom. The van der Waals surface area contributed by atoms with Gasteiger partial charge >= 0.3 is 6.30 Å². The number of carbonyl (C=O) groups is 1. The first kappa shape index (κ1) is 21.5. The molecule has 0 fully saturated rings. The van der Waals surface area contributed by atoms with Gasteiger partial charge in [0, 0.05) is 18.5 Å². The quantitative estimate of drug-likeness (QED) is 0.629. The highest BCUT2D eigenvalue weighted by Gasteiger charge is 2.38. The molecule has 0 radical (unpaired) electrons. The van der Waals surface area contributed by atoms with Crippen LogP contribution < -0.4 is 9.46 Å². The summed E-state index contributed by atoms with van der Waals surface area (Å²) in [6.45, 7) is -0.650. The van der Waals surface area contributed by atoms with Crippen molar-refractivity contribution in [3.63, 3.8) is 0 Å². The Labute approximate surface area is 176 Å². The van der Waals surface area contributed by atoms with E-state index in [0.29, 0.717) is 0 Å². The van der Waals surface area contributed by atoms with Crippen molar-refractivity contribution < 1.29 is 31.1 Å². The van der Waals surface area contributed by atoms with Crippen molar-refractivity contribution in [3.8, 4) is 5.75 Å². The van der Waals surface area contributed by atoms with E-state index in [-0.39, 0.29) is 26.0 Å². The van der Waals surface area contributed by atoms with Gasteiger partial charge in [0.1, 0.15) is 23.0 Å². The van der Waals surface area contributed by atoms with Gasteiger partial charge < -0.3 is 9.30 Å². The molecule has 0 saturated carbocycles. The number of alkyl halides is 3. The summed E-state index contributed by atoms with van der Waals surface area (Å²) in [4.78, 5) is 16.0. The van der Waals surface area contributed by atoms with Crippen molar-refractivity contribution >= 4 is 47.9 Å². The normalized spacial score (nSPS) is 14.3. The van der Waals surface area contributed by atoms with Crippen molar-refractivity contribution in [1.29, 1.82) is 0 Å². The smallest absolute Gasteiger partial charge is 0.485 e. The number of amides is 1. The largest absolute Gasteiger partial charge is 0.497 e. The minimum Gasteiger partial charge on any atom is -0.497 e. The number of imidazole rings is 1. The molecule has 0 atom stereocenters. The van der Waals surface area contributed by atoms with Crippen LogP contribution in [0.1, 0.15) is 16.3 Å². The van der Waals surface area contributed by atoms with Crippen molar-refractivity contribution in [2.75, 3.05) is 7.11 Å². The lowest BCUT2D eigenvalue weighted by Gasteiger charge is -2.27. The highest BCUT2D eigenvalue weighted by Crippen LogP contribution is 2.32. The second-order valence-corrected chi connectivity index (χ2v) is 8.62. The minimum absolute atomic E-state index is 0.0289. The van der Waals surface area contributed by atoms with E-state index in [0.717, 1.165) is 23.0 Å². The molecule has 0 spiro atoms. The Morgan fingerprint density at radius 1 is 1.38 bits per heavy atom. The monoisotopic (exact) mass is 514 g/mol. The number of methoxy groups -OCH3 is 1. The molecule has 2 heterocycles. The van der Waals surface area contributed by atoms with Crippen LogP contribution in [-0.4, -0.2) is 42.2 Å². The molecule has 1 aromatic carbocycles. The molecule has 1 amide bonds. The molecule has 3 rings (SSSR count). The molecule has 0 aliphatic carbocycles. The van der Waals surface area contributed by atoms with Gasteiger partial charge in [0.15, 0.2) is 5.82 Å². The fourth-order valence-electron chi connectivity index (χ4n) is 2.42. The van der Waals surface area contributed by atoms with Crippen LogP contribution in [0.4, 0.5) is 13.2 Å². The van der Waals surface area contributed by atoms with E-state index in [1.165, 1.54) is 19.2 Å². The first-order valence-corrected chi connectivity index (χ1v) is 10.3. The summed E-state index contributed by atoms with van der Waals surface area (Å²) in [7, 11) is -3.07. The number of hydrogen-bond donors (Lipinski definition) is 1. The molecule has 14 heteroatoms. The predicted molar refractivity (Wildman–Crippen MR) is 99.7 cm³/mol. The van der Waals surface area contributed by atoms with Crippen LogP contribution >= 0.6 is 27.5 Å². The minimum atomic E-state index is -4.64. The molecule has 0 bridgehead atoms. The van der Waals surface area contributed by atoms with E-state index in [2.05, 4.69) is 20.9 Å². The van der Waals surface area contributed by atoms with Crippen LogP contribution in [0.15, 0.2) is 35.5 Å². The second kappa shape index (κ2) is 7.54. The Bertz CT molecular complexity index is 1120. The number of aromatic nitrogens is 2. The fraction of sp³-hybridized carbons (Fsp3) is 0.200. The summed E-state index contributed by atoms with van der Waals surface area (Å²) < 4.78 is 71.6. The van der Waals surface area contributed by atoms with Gasteiger partial charge in [0.05, 0.1) is 16.6 Å². The Balaban J connectivity index is 1.87. The van der Waals surface area contributed by atoms with E-state index < -0.39 is 39.5 Å². The average molecular weight is 516 g/mol. The maximum Gasteiger partial charge on any atom is 0.485 e. The third kappa shape index (κ3) is 4.36. The number of halogens is 5. The fourth-order valence-corrected chi connectivity index (χ4v) is 4.46. The third-order valence-corrected chi connectivity index (χ3v) is 6.15. The lowest BCUT2D eigenvalue weighted by Crippen LogP contribution is -2.37. The maximum atomic E-state index is 12.9. The topological polar surface area (TPSA) is 93.5 Å². The van der Waals surface area contributed by atoms with E-state index in [1.54, 1.807) is 4.72 Å². The van der Waals surface area contributed by atoms with Crippen molar-refractivity contribution in [2.45, 2.75) is 17.9 Å². The summed E-state index contributed by atoms with van der Waals surface area (Å²) in [5.74, 6) is -0.905. The number of ether oxygens (including phenoxy) is 1. The zero-order chi connectivity index (χ0) is 21.6. The summed E-state index contributed by atoms with van der Waals surface area (Å²) in [5, 5.41) is -0.151. The van der Waals surface area contributed by atoms with Gasteiger partial charge in [0.2, 0.25) is 0 Å². The van der Waals surface area contributed by atoms with Crippen LogP contribution in [0, 0.1) is 0 Å². The molecular weight excluding hydrogens is 505 g/mol. The van der Waals surface area contributed by atoms with Crippen LogP contribution in [-0.2, 0) is 16.7 Å². The highest BCUT2D eigenvalue weighted by atomic mass is 79.9. The SMILES string of the molecule is COc1ccc(Cl)c(S(=O)(=O)NC(=O)c2cn3c(n2)C(Br)=CN(C(F)(F)F)C3)c1. The number of sulfonamides is 1. The summed E-state index contributed by atoms with van der Waals surface area (Å²) >= 11 is 8.86. The molecule has 1 aliphatic heterocycles. The van der Waals surface area contributed by atoms with Crippen LogP contribution in [0.2, 0.25) is 5.02 Å². The molecule has 156 valence electrons. The van der Waals surface area contributed by atoms with Gasteiger partial charge in [-0.05, 0) is 28.1 Å². The first-order valence-electron chi connectivity index (χ1n) is 7.61. The summed E-state index contributed by atoms with van der Waals surface area (Å²) in [5.41, 5.74) is -0.392. The average Bonchev–Trinajstić information content (AvgIpc) is 3.06. The number of rotatable bonds is 4. The van der Waals surface area contributed by atoms with Gasteiger partial charge in [-0.15, -0.1) is 0 Å². The molecular formula is C15H11BrClF3N4O4S. The zero-order valence-electron chi connectivity index (χ0n) is 14.4. The van der Waals surface area contributed by atoms with Crippen molar-refractivity contribution in [3.05, 3.63) is 47.1 Å². The van der Waals surface area contributed by atoms with Gasteiger partial charge in [-0.25, -0.2) is 18.1 Å². The zero-order valence-corrected chi connectivity index (χ0v) is 17.5. The van der Waals surface area contributed by atoms with Gasteiger partial charge in [-0.2, -0.15) is 13.2 Å². The number of fused-ring (bicyclic) bond motifs is 1. The van der Waals surface area contributed by atoms with Crippen LogP contribution in [0.5, 0.6) is 5.75 Å². The van der Waals surface area contributed by atoms with E-state index in [4.69, 9.17) is 16.3 Å². The number of benzene rings is 1. The molecule has 0 unspecified atom stereocenters. The van der Waals surface area contributed by atoms with Crippen LogP contribution in [0.25, 0.3) is 4.48 Å². The number of nitrogens with zero attached hydrogens (tertiary/aromatic N) is 3. The first-order chi connectivity index (χ1) is 13.4. The number of hydrogen-bond acceptors (Lipinski definition) is 6. The summed E-state index contributed by atoms with van der Waals surface area (Å²) in [6.07, 6.45) is -2.85. The lowest BCUT2D eigenvalue weighted by molar-refractivity contribution is -0.236. The van der Waals surface area contributed by atoms with Gasteiger partial charge in [-0.3, -0.25) is 9.69 Å². The van der Waals surface area contributed by atoms with Gasteiger partial charge in [0.25, 0.3) is 15.9 Å². The molecule has 8 nitrogen and oxygen atoms in total. The Morgan fingerprint density at radius 3 is 2.69 bits per heavy atom. The molecule has 29 heavy (non-hydrogen) atoms. The maximum absolute atomic E-state index is 12.9. The molecule has 1 aliphatic rings. The van der Waals surface area contributed by atoms with E-state index >= 15 is 0 Å². The van der Waals surface area contributed by atoms with Crippen molar-refractivity contribution in [2.24, 2.45) is 0 Å². The second-order valence-electron chi connectivity index (χ2n) is 5.71. The van der Waals surface area contributed by atoms with Gasteiger partial charge in [-0.1, -0.05) is 11.6 Å². The molecule has 1 N–H and O–H groups in total. The Kier molecular flexibility index (Phi) is 5.58. The number of nitrogens with one attached hydrogen (secondary N) is 1. The molecule has 0 saturated heterocycles. The Hall–Kier alpha value is -2.25. The highest BCUT2D eigenvalue weighted by molar-refractivity contribution is 9.15. The van der Waals surface area contributed by atoms with Crippen molar-refractivity contribution in [1.82, 2.24) is 19.2 Å².